The van der Waals surface area contributed by atoms with Gasteiger partial charge in [-0.2, -0.15) is 9.78 Å². The van der Waals surface area contributed by atoms with Crippen molar-refractivity contribution in [2.45, 2.75) is 45.5 Å². The highest BCUT2D eigenvalue weighted by Crippen LogP contribution is 2.23. The minimum atomic E-state index is -1.60. The normalized spacial score (nSPS) is 12.9. The zero-order chi connectivity index (χ0) is 22.1. The van der Waals surface area contributed by atoms with E-state index in [9.17, 15) is 14.3 Å². The van der Waals surface area contributed by atoms with Crippen molar-refractivity contribution in [2.24, 2.45) is 0 Å². The van der Waals surface area contributed by atoms with E-state index in [0.717, 1.165) is 9.86 Å². The molecule has 3 rings (SSSR count). The Kier molecular flexibility index (Phi) is 6.37. The summed E-state index contributed by atoms with van der Waals surface area (Å²) >= 11 is 3.39. The van der Waals surface area contributed by atoms with Crippen molar-refractivity contribution < 1.29 is 14.3 Å². The van der Waals surface area contributed by atoms with Gasteiger partial charge in [0.05, 0.1) is 29.6 Å². The fourth-order valence-electron chi connectivity index (χ4n) is 2.76. The van der Waals surface area contributed by atoms with E-state index in [4.69, 9.17) is 0 Å². The quantitative estimate of drug-likeness (QED) is 0.481. The summed E-state index contributed by atoms with van der Waals surface area (Å²) in [6.45, 7) is 6.28. The molecule has 0 fully saturated rings. The van der Waals surface area contributed by atoms with E-state index in [1.165, 1.54) is 20.0 Å². The maximum absolute atomic E-state index is 14.0. The number of anilines is 1. The predicted octanol–water partition coefficient (Wildman–Crippen LogP) is 3.24. The topological polar surface area (TPSA) is 105 Å². The highest BCUT2D eigenvalue weighted by molar-refractivity contribution is 9.10. The molecule has 0 saturated carbocycles. The zero-order valence-electron chi connectivity index (χ0n) is 17.1. The maximum Gasteiger partial charge on any atom is 0.255 e. The number of hydrogen-bond acceptors (Lipinski definition) is 6. The SMILES string of the molecule is CC(C)Nc1cc(-n2ncc3cc(Br)cnc32)ncc1C(=O)NCC(F)C(C)(C)O. The molecule has 3 N–H and O–H groups in total. The summed E-state index contributed by atoms with van der Waals surface area (Å²) in [7, 11) is 0. The van der Waals surface area contributed by atoms with Crippen LogP contribution in [0.5, 0.6) is 0 Å². The van der Waals surface area contributed by atoms with Crippen LogP contribution in [0.4, 0.5) is 10.1 Å². The van der Waals surface area contributed by atoms with Gasteiger partial charge in [-0.25, -0.2) is 14.4 Å². The number of carbonyl (C=O) groups is 1. The van der Waals surface area contributed by atoms with Crippen LogP contribution >= 0.6 is 15.9 Å². The van der Waals surface area contributed by atoms with E-state index in [-0.39, 0.29) is 18.2 Å². The third kappa shape index (κ3) is 4.93. The summed E-state index contributed by atoms with van der Waals surface area (Å²) in [5, 5.41) is 20.6. The van der Waals surface area contributed by atoms with Crippen LogP contribution in [-0.4, -0.2) is 55.1 Å². The number of amides is 1. The van der Waals surface area contributed by atoms with Crippen LogP contribution in [-0.2, 0) is 0 Å². The number of aliphatic hydroxyl groups is 1. The maximum atomic E-state index is 14.0. The first-order valence-electron chi connectivity index (χ1n) is 9.47. The molecule has 0 aromatic carbocycles. The smallest absolute Gasteiger partial charge is 0.255 e. The number of alkyl halides is 1. The van der Waals surface area contributed by atoms with Crippen LogP contribution in [0.2, 0.25) is 0 Å². The number of halogens is 2. The lowest BCUT2D eigenvalue weighted by Crippen LogP contribution is -2.42. The number of nitrogens with zero attached hydrogens (tertiary/aromatic N) is 4. The summed E-state index contributed by atoms with van der Waals surface area (Å²) in [6.07, 6.45) is 3.17. The van der Waals surface area contributed by atoms with Crippen LogP contribution in [0, 0.1) is 0 Å². The standard InChI is InChI=1S/C20H24BrFN6O2/c1-11(2)27-15-6-17(28-18-12(7-26-28)5-13(21)8-24-18)23-9-14(15)19(29)25-10-16(22)20(3,4)30/h5-9,11,16,30H,10H2,1-4H3,(H,23,27)(H,25,29). The average Bonchev–Trinajstić information content (AvgIpc) is 3.07. The Morgan fingerprint density at radius 2 is 2.00 bits per heavy atom. The molecule has 3 heterocycles. The molecule has 30 heavy (non-hydrogen) atoms. The van der Waals surface area contributed by atoms with Crippen LogP contribution in [0.3, 0.4) is 0 Å². The van der Waals surface area contributed by atoms with Crippen LogP contribution in [0.25, 0.3) is 16.9 Å². The van der Waals surface area contributed by atoms with Gasteiger partial charge in [0.15, 0.2) is 11.5 Å². The number of rotatable bonds is 7. The van der Waals surface area contributed by atoms with Gasteiger partial charge in [-0.3, -0.25) is 4.79 Å². The van der Waals surface area contributed by atoms with E-state index in [2.05, 4.69) is 41.6 Å². The Bertz CT molecular complexity index is 1060. The van der Waals surface area contributed by atoms with Crippen LogP contribution < -0.4 is 10.6 Å². The van der Waals surface area contributed by atoms with Crippen molar-refractivity contribution in [3.8, 4) is 5.82 Å². The second-order valence-electron chi connectivity index (χ2n) is 7.84. The van der Waals surface area contributed by atoms with Gasteiger partial charge in [0, 0.05) is 34.4 Å². The highest BCUT2D eigenvalue weighted by Gasteiger charge is 2.27. The first kappa shape index (κ1) is 22.1. The second kappa shape index (κ2) is 8.65. The van der Waals surface area contributed by atoms with Gasteiger partial charge in [-0.05, 0) is 49.7 Å². The molecule has 0 aliphatic rings. The van der Waals surface area contributed by atoms with Crippen molar-refractivity contribution in [2.75, 3.05) is 11.9 Å². The molecule has 3 aromatic heterocycles. The second-order valence-corrected chi connectivity index (χ2v) is 8.76. The fraction of sp³-hybridized carbons (Fsp3) is 0.400. The van der Waals surface area contributed by atoms with Crippen LogP contribution in [0.15, 0.2) is 35.2 Å². The van der Waals surface area contributed by atoms with Gasteiger partial charge in [0.2, 0.25) is 0 Å². The highest BCUT2D eigenvalue weighted by atomic mass is 79.9. The zero-order valence-corrected chi connectivity index (χ0v) is 18.7. The van der Waals surface area contributed by atoms with Crippen LogP contribution in [0.1, 0.15) is 38.1 Å². The minimum absolute atomic E-state index is 0.0422. The predicted molar refractivity (Wildman–Crippen MR) is 117 cm³/mol. The Balaban J connectivity index is 1.92. The molecule has 0 radical (unpaired) electrons. The van der Waals surface area contributed by atoms with E-state index in [1.807, 2.05) is 19.9 Å². The Hall–Kier alpha value is -2.59. The number of nitrogens with one attached hydrogen (secondary N) is 2. The van der Waals surface area contributed by atoms with Crippen molar-refractivity contribution in [3.05, 3.63) is 40.8 Å². The molecule has 1 amide bonds. The Labute approximate surface area is 182 Å². The van der Waals surface area contributed by atoms with Gasteiger partial charge < -0.3 is 15.7 Å². The van der Waals surface area contributed by atoms with Crippen molar-refractivity contribution >= 4 is 38.6 Å². The molecule has 8 nitrogen and oxygen atoms in total. The van der Waals surface area contributed by atoms with Crippen molar-refractivity contribution in [1.29, 1.82) is 0 Å². The largest absolute Gasteiger partial charge is 0.387 e. The summed E-state index contributed by atoms with van der Waals surface area (Å²) in [4.78, 5) is 21.4. The number of aromatic nitrogens is 4. The molecule has 0 saturated heterocycles. The van der Waals surface area contributed by atoms with Gasteiger partial charge in [-0.1, -0.05) is 0 Å². The lowest BCUT2D eigenvalue weighted by atomic mass is 10.0. The van der Waals surface area contributed by atoms with Gasteiger partial charge in [-0.15, -0.1) is 0 Å². The van der Waals surface area contributed by atoms with E-state index in [0.29, 0.717) is 17.2 Å². The minimum Gasteiger partial charge on any atom is -0.387 e. The first-order valence-corrected chi connectivity index (χ1v) is 10.3. The van der Waals surface area contributed by atoms with Gasteiger partial charge >= 0.3 is 0 Å². The molecular weight excluding hydrogens is 455 g/mol. The van der Waals surface area contributed by atoms with E-state index >= 15 is 0 Å². The molecule has 1 atom stereocenters. The Morgan fingerprint density at radius 1 is 1.27 bits per heavy atom. The average molecular weight is 479 g/mol. The molecular formula is C20H24BrFN6O2. The number of pyridine rings is 2. The monoisotopic (exact) mass is 478 g/mol. The molecule has 0 spiro atoms. The lowest BCUT2D eigenvalue weighted by Gasteiger charge is -2.23. The number of fused-ring (bicyclic) bond motifs is 1. The molecule has 0 aliphatic heterocycles. The first-order chi connectivity index (χ1) is 14.1. The summed E-state index contributed by atoms with van der Waals surface area (Å²) in [6, 6.07) is 3.64. The summed E-state index contributed by atoms with van der Waals surface area (Å²) < 4.78 is 16.4. The Morgan fingerprint density at radius 3 is 2.67 bits per heavy atom. The molecule has 3 aromatic rings. The summed E-state index contributed by atoms with van der Waals surface area (Å²) in [5.74, 6) is -0.00383. The van der Waals surface area contributed by atoms with Crippen molar-refractivity contribution in [1.82, 2.24) is 25.1 Å². The van der Waals surface area contributed by atoms with Gasteiger partial charge in [0.25, 0.3) is 5.91 Å². The van der Waals surface area contributed by atoms with E-state index in [1.54, 1.807) is 23.1 Å². The number of hydrogen-bond donors (Lipinski definition) is 3. The van der Waals surface area contributed by atoms with Crippen molar-refractivity contribution in [3.63, 3.8) is 0 Å². The summed E-state index contributed by atoms with van der Waals surface area (Å²) in [5.41, 5.74) is -0.115. The molecule has 160 valence electrons. The van der Waals surface area contributed by atoms with E-state index < -0.39 is 17.7 Å². The molecule has 0 aliphatic carbocycles. The van der Waals surface area contributed by atoms with Gasteiger partial charge in [0.1, 0.15) is 6.17 Å². The molecule has 0 bridgehead atoms. The molecule has 10 heteroatoms. The lowest BCUT2D eigenvalue weighted by molar-refractivity contribution is -0.00177. The molecule has 1 unspecified atom stereocenters. The third-order valence-electron chi connectivity index (χ3n) is 4.38. The fourth-order valence-corrected chi connectivity index (χ4v) is 3.11. The third-order valence-corrected chi connectivity index (χ3v) is 4.81. The number of carbonyl (C=O) groups excluding carboxylic acids is 1.